The van der Waals surface area contributed by atoms with Gasteiger partial charge in [-0.1, -0.05) is 6.07 Å². The van der Waals surface area contributed by atoms with Gasteiger partial charge in [0.2, 0.25) is 0 Å². The van der Waals surface area contributed by atoms with Crippen molar-refractivity contribution in [2.24, 2.45) is 0 Å². The van der Waals surface area contributed by atoms with Gasteiger partial charge in [-0.3, -0.25) is 0 Å². The van der Waals surface area contributed by atoms with E-state index in [9.17, 15) is 13.2 Å². The Kier molecular flexibility index (Phi) is 3.17. The quantitative estimate of drug-likeness (QED) is 0.710. The average molecular weight is 189 g/mol. The first-order chi connectivity index (χ1) is 6.13. The van der Waals surface area contributed by atoms with Gasteiger partial charge in [0.15, 0.2) is 0 Å². The molecule has 0 N–H and O–H groups in total. The van der Waals surface area contributed by atoms with E-state index in [4.69, 9.17) is 0 Å². The Labute approximate surface area is 74.1 Å². The number of halogens is 3. The molecule has 71 valence electrons. The zero-order chi connectivity index (χ0) is 9.84. The van der Waals surface area contributed by atoms with Gasteiger partial charge in [-0.2, -0.15) is 8.78 Å². The van der Waals surface area contributed by atoms with Gasteiger partial charge in [0.1, 0.15) is 11.6 Å². The Bertz CT molecular complexity index is 286. The van der Waals surface area contributed by atoms with E-state index in [-0.39, 0.29) is 12.2 Å². The van der Waals surface area contributed by atoms with Crippen molar-refractivity contribution in [2.75, 3.05) is 0 Å². The van der Waals surface area contributed by atoms with Crippen molar-refractivity contribution < 1.29 is 17.9 Å². The SMILES string of the molecule is [CH2]Cc1ccc(OC(F)F)cc1F. The Morgan fingerprint density at radius 2 is 2.08 bits per heavy atom. The minimum absolute atomic E-state index is 0.176. The van der Waals surface area contributed by atoms with E-state index in [2.05, 4.69) is 11.7 Å². The van der Waals surface area contributed by atoms with Crippen molar-refractivity contribution in [3.63, 3.8) is 0 Å². The molecule has 0 aromatic heterocycles. The van der Waals surface area contributed by atoms with Gasteiger partial charge in [-0.25, -0.2) is 4.39 Å². The highest BCUT2D eigenvalue weighted by Gasteiger charge is 2.06. The van der Waals surface area contributed by atoms with Gasteiger partial charge in [-0.05, 0) is 25.0 Å². The second-order valence-corrected chi connectivity index (χ2v) is 2.38. The first-order valence-corrected chi connectivity index (χ1v) is 3.66. The second kappa shape index (κ2) is 4.16. The molecular formula is C9H8F3O. The van der Waals surface area contributed by atoms with Crippen molar-refractivity contribution in [3.05, 3.63) is 36.5 Å². The van der Waals surface area contributed by atoms with Crippen LogP contribution in [0.5, 0.6) is 5.75 Å². The fourth-order valence-corrected chi connectivity index (χ4v) is 0.907. The Balaban J connectivity index is 2.83. The maximum absolute atomic E-state index is 12.9. The maximum Gasteiger partial charge on any atom is 0.387 e. The van der Waals surface area contributed by atoms with Gasteiger partial charge in [0.05, 0.1) is 0 Å². The summed E-state index contributed by atoms with van der Waals surface area (Å²) in [5.41, 5.74) is 0.376. The molecule has 0 aliphatic heterocycles. The summed E-state index contributed by atoms with van der Waals surface area (Å²) in [4.78, 5) is 0. The highest BCUT2D eigenvalue weighted by Crippen LogP contribution is 2.18. The number of alkyl halides is 2. The fraction of sp³-hybridized carbons (Fsp3) is 0.222. The third-order valence-corrected chi connectivity index (χ3v) is 1.52. The molecule has 0 saturated carbocycles. The van der Waals surface area contributed by atoms with Crippen LogP contribution in [0.1, 0.15) is 5.56 Å². The fourth-order valence-electron chi connectivity index (χ4n) is 0.907. The van der Waals surface area contributed by atoms with Crippen molar-refractivity contribution in [2.45, 2.75) is 13.0 Å². The van der Waals surface area contributed by atoms with Crippen LogP contribution >= 0.6 is 0 Å². The maximum atomic E-state index is 12.9. The largest absolute Gasteiger partial charge is 0.435 e. The summed E-state index contributed by atoms with van der Waals surface area (Å²) in [6.45, 7) is 0.552. The molecule has 4 heteroatoms. The van der Waals surface area contributed by atoms with Crippen LogP contribution in [0.15, 0.2) is 18.2 Å². The monoisotopic (exact) mass is 189 g/mol. The van der Waals surface area contributed by atoms with Crippen molar-refractivity contribution in [3.8, 4) is 5.75 Å². The van der Waals surface area contributed by atoms with Crippen molar-refractivity contribution >= 4 is 0 Å². The summed E-state index contributed by atoms with van der Waals surface area (Å²) in [5, 5.41) is 0. The molecule has 1 aromatic carbocycles. The summed E-state index contributed by atoms with van der Waals surface area (Å²) in [5.74, 6) is -0.752. The third-order valence-electron chi connectivity index (χ3n) is 1.52. The van der Waals surface area contributed by atoms with Crippen LogP contribution < -0.4 is 4.74 Å². The number of benzene rings is 1. The summed E-state index contributed by atoms with van der Waals surface area (Å²) < 4.78 is 40.3. The van der Waals surface area contributed by atoms with Gasteiger partial charge in [0, 0.05) is 6.07 Å². The van der Waals surface area contributed by atoms with Crippen LogP contribution in [0.4, 0.5) is 13.2 Å². The number of hydrogen-bond acceptors (Lipinski definition) is 1. The molecule has 0 spiro atoms. The standard InChI is InChI=1S/C9H8F3O/c1-2-6-3-4-7(5-8(6)10)13-9(11)12/h3-5,9H,1-2H2. The highest BCUT2D eigenvalue weighted by atomic mass is 19.3. The van der Waals surface area contributed by atoms with Crippen LogP contribution in [0.2, 0.25) is 0 Å². The molecule has 0 atom stereocenters. The summed E-state index contributed by atoms with van der Waals surface area (Å²) >= 11 is 0. The number of rotatable bonds is 3. The lowest BCUT2D eigenvalue weighted by Crippen LogP contribution is -2.02. The van der Waals surface area contributed by atoms with Crippen LogP contribution in [0, 0.1) is 12.7 Å². The summed E-state index contributed by atoms with van der Waals surface area (Å²) in [6.07, 6.45) is 0.279. The lowest BCUT2D eigenvalue weighted by molar-refractivity contribution is -0.0500. The molecule has 0 fully saturated rings. The zero-order valence-electron chi connectivity index (χ0n) is 6.77. The Morgan fingerprint density at radius 1 is 1.38 bits per heavy atom. The molecule has 13 heavy (non-hydrogen) atoms. The van der Waals surface area contributed by atoms with Gasteiger partial charge in [-0.15, -0.1) is 0 Å². The number of hydrogen-bond donors (Lipinski definition) is 0. The van der Waals surface area contributed by atoms with Gasteiger partial charge < -0.3 is 4.74 Å². The molecule has 1 radical (unpaired) electrons. The molecule has 0 saturated heterocycles. The molecule has 0 aliphatic carbocycles. The highest BCUT2D eigenvalue weighted by molar-refractivity contribution is 5.29. The zero-order valence-corrected chi connectivity index (χ0v) is 6.77. The predicted octanol–water partition coefficient (Wildman–Crippen LogP) is 2.80. The van der Waals surface area contributed by atoms with Gasteiger partial charge in [0.25, 0.3) is 0 Å². The van der Waals surface area contributed by atoms with Gasteiger partial charge >= 0.3 is 6.61 Å². The molecule has 1 nitrogen and oxygen atoms in total. The molecule has 0 heterocycles. The van der Waals surface area contributed by atoms with E-state index < -0.39 is 12.4 Å². The second-order valence-electron chi connectivity index (χ2n) is 2.38. The third kappa shape index (κ3) is 2.65. The molecule has 1 rings (SSSR count). The first kappa shape index (κ1) is 9.89. The molecule has 0 unspecified atom stereocenters. The van der Waals surface area contributed by atoms with Crippen LogP contribution in [0.25, 0.3) is 0 Å². The lowest BCUT2D eigenvalue weighted by Gasteiger charge is -2.05. The van der Waals surface area contributed by atoms with E-state index in [1.54, 1.807) is 0 Å². The van der Waals surface area contributed by atoms with E-state index >= 15 is 0 Å². The van der Waals surface area contributed by atoms with E-state index in [0.29, 0.717) is 5.56 Å². The van der Waals surface area contributed by atoms with Crippen LogP contribution in [-0.2, 0) is 6.42 Å². The van der Waals surface area contributed by atoms with E-state index in [1.165, 1.54) is 12.1 Å². The minimum Gasteiger partial charge on any atom is -0.435 e. The molecule has 0 aliphatic rings. The normalized spacial score (nSPS) is 10.5. The van der Waals surface area contributed by atoms with Crippen molar-refractivity contribution in [1.29, 1.82) is 0 Å². The molecular weight excluding hydrogens is 181 g/mol. The van der Waals surface area contributed by atoms with E-state index in [0.717, 1.165) is 6.07 Å². The Morgan fingerprint density at radius 3 is 2.54 bits per heavy atom. The van der Waals surface area contributed by atoms with Crippen LogP contribution in [0.3, 0.4) is 0 Å². The smallest absolute Gasteiger partial charge is 0.387 e. The average Bonchev–Trinajstić information content (AvgIpc) is 2.03. The first-order valence-electron chi connectivity index (χ1n) is 3.66. The van der Waals surface area contributed by atoms with Crippen molar-refractivity contribution in [1.82, 2.24) is 0 Å². The molecule has 1 aromatic rings. The minimum atomic E-state index is -2.93. The lowest BCUT2D eigenvalue weighted by atomic mass is 10.1. The Hall–Kier alpha value is -1.19. The summed E-state index contributed by atoms with van der Waals surface area (Å²) in [7, 11) is 0. The predicted molar refractivity (Wildman–Crippen MR) is 42.1 cm³/mol. The molecule has 0 amide bonds. The number of ether oxygens (including phenoxy) is 1. The van der Waals surface area contributed by atoms with Crippen LogP contribution in [-0.4, -0.2) is 6.61 Å². The topological polar surface area (TPSA) is 9.23 Å². The molecule has 0 bridgehead atoms. The summed E-state index contributed by atoms with van der Waals surface area (Å²) in [6, 6.07) is 3.59. The van der Waals surface area contributed by atoms with E-state index in [1.807, 2.05) is 0 Å².